The molecule has 9 heteroatoms. The Kier molecular flexibility index (Phi) is 5.86. The van der Waals surface area contributed by atoms with Gasteiger partial charge in [-0.15, -0.1) is 0 Å². The fraction of sp³-hybridized carbons (Fsp3) is 0.692. The SMILES string of the molecule is COC(=O)C1OCCC(OC(C)=O)(OC(C)=O)C1OC(C)=O. The fourth-order valence-corrected chi connectivity index (χ4v) is 2.15. The summed E-state index contributed by atoms with van der Waals surface area (Å²) in [5.74, 6) is -5.11. The van der Waals surface area contributed by atoms with Crippen molar-refractivity contribution in [1.29, 1.82) is 0 Å². The van der Waals surface area contributed by atoms with E-state index in [2.05, 4.69) is 4.74 Å². The second-order valence-corrected chi connectivity index (χ2v) is 4.59. The average molecular weight is 318 g/mol. The molecule has 0 saturated carbocycles. The van der Waals surface area contributed by atoms with Gasteiger partial charge >= 0.3 is 23.9 Å². The second-order valence-electron chi connectivity index (χ2n) is 4.59. The Morgan fingerprint density at radius 1 is 1.00 bits per heavy atom. The van der Waals surface area contributed by atoms with E-state index in [9.17, 15) is 19.2 Å². The lowest BCUT2D eigenvalue weighted by atomic mass is 9.97. The Bertz CT molecular complexity index is 454. The first kappa shape index (κ1) is 17.9. The molecule has 0 aromatic carbocycles. The Morgan fingerprint density at radius 2 is 1.55 bits per heavy atom. The van der Waals surface area contributed by atoms with Crippen LogP contribution in [0.5, 0.6) is 0 Å². The summed E-state index contributed by atoms with van der Waals surface area (Å²) >= 11 is 0. The van der Waals surface area contributed by atoms with Crippen LogP contribution in [-0.2, 0) is 42.9 Å². The minimum atomic E-state index is -1.94. The molecule has 1 aliphatic rings. The topological polar surface area (TPSA) is 114 Å². The van der Waals surface area contributed by atoms with Crippen molar-refractivity contribution in [2.24, 2.45) is 0 Å². The summed E-state index contributed by atoms with van der Waals surface area (Å²) in [5.41, 5.74) is 0. The van der Waals surface area contributed by atoms with Gasteiger partial charge in [-0.3, -0.25) is 14.4 Å². The van der Waals surface area contributed by atoms with Gasteiger partial charge in [0, 0.05) is 20.8 Å². The van der Waals surface area contributed by atoms with Crippen LogP contribution in [0.1, 0.15) is 27.2 Å². The van der Waals surface area contributed by atoms with E-state index in [0.29, 0.717) is 0 Å². The molecule has 0 N–H and O–H groups in total. The van der Waals surface area contributed by atoms with Gasteiger partial charge in [-0.25, -0.2) is 4.79 Å². The molecule has 0 aliphatic carbocycles. The maximum Gasteiger partial charge on any atom is 0.339 e. The van der Waals surface area contributed by atoms with Crippen molar-refractivity contribution in [3.05, 3.63) is 0 Å². The molecule has 1 fully saturated rings. The summed E-state index contributed by atoms with van der Waals surface area (Å²) in [6.45, 7) is 3.21. The maximum absolute atomic E-state index is 11.8. The van der Waals surface area contributed by atoms with Gasteiger partial charge in [0.25, 0.3) is 5.79 Å². The van der Waals surface area contributed by atoms with Crippen molar-refractivity contribution in [1.82, 2.24) is 0 Å². The summed E-state index contributed by atoms with van der Waals surface area (Å²) in [6, 6.07) is 0. The zero-order valence-electron chi connectivity index (χ0n) is 12.7. The number of hydrogen-bond acceptors (Lipinski definition) is 9. The highest BCUT2D eigenvalue weighted by Crippen LogP contribution is 2.34. The minimum Gasteiger partial charge on any atom is -0.467 e. The van der Waals surface area contributed by atoms with Crippen LogP contribution in [0.4, 0.5) is 0 Å². The normalized spacial score (nSPS) is 23.1. The van der Waals surface area contributed by atoms with E-state index in [4.69, 9.17) is 18.9 Å². The van der Waals surface area contributed by atoms with E-state index >= 15 is 0 Å². The zero-order valence-corrected chi connectivity index (χ0v) is 12.7. The molecule has 0 amide bonds. The molecule has 0 bridgehead atoms. The fourth-order valence-electron chi connectivity index (χ4n) is 2.15. The molecular formula is C13H18O9. The summed E-state index contributed by atoms with van der Waals surface area (Å²) in [6.07, 6.45) is -2.96. The van der Waals surface area contributed by atoms with Crippen LogP contribution in [-0.4, -0.2) is 55.6 Å². The first-order chi connectivity index (χ1) is 10.2. The lowest BCUT2D eigenvalue weighted by Gasteiger charge is -2.43. The number of esters is 4. The van der Waals surface area contributed by atoms with Crippen molar-refractivity contribution >= 4 is 23.9 Å². The molecule has 1 saturated heterocycles. The van der Waals surface area contributed by atoms with Gasteiger partial charge in [0.1, 0.15) is 0 Å². The van der Waals surface area contributed by atoms with Crippen LogP contribution in [0.3, 0.4) is 0 Å². The third kappa shape index (κ3) is 4.17. The van der Waals surface area contributed by atoms with Gasteiger partial charge < -0.3 is 23.7 Å². The van der Waals surface area contributed by atoms with Crippen molar-refractivity contribution in [3.8, 4) is 0 Å². The molecule has 0 aromatic heterocycles. The quantitative estimate of drug-likeness (QED) is 0.391. The van der Waals surface area contributed by atoms with E-state index in [-0.39, 0.29) is 13.0 Å². The van der Waals surface area contributed by atoms with Gasteiger partial charge in [-0.05, 0) is 0 Å². The van der Waals surface area contributed by atoms with E-state index in [0.717, 1.165) is 27.9 Å². The summed E-state index contributed by atoms with van der Waals surface area (Å²) in [5, 5.41) is 0. The van der Waals surface area contributed by atoms with Crippen LogP contribution in [0.2, 0.25) is 0 Å². The Hall–Kier alpha value is -2.16. The average Bonchev–Trinajstić information content (AvgIpc) is 2.38. The summed E-state index contributed by atoms with van der Waals surface area (Å²) < 4.78 is 25.0. The zero-order chi connectivity index (χ0) is 16.9. The van der Waals surface area contributed by atoms with Crippen LogP contribution < -0.4 is 0 Å². The first-order valence-electron chi connectivity index (χ1n) is 6.47. The lowest BCUT2D eigenvalue weighted by Crippen LogP contribution is -2.62. The number of rotatable bonds is 4. The number of carbonyl (C=O) groups excluding carboxylic acids is 4. The van der Waals surface area contributed by atoms with Crippen molar-refractivity contribution < 1.29 is 42.9 Å². The van der Waals surface area contributed by atoms with Crippen molar-refractivity contribution in [2.45, 2.75) is 45.2 Å². The molecule has 2 unspecified atom stereocenters. The molecule has 22 heavy (non-hydrogen) atoms. The smallest absolute Gasteiger partial charge is 0.339 e. The summed E-state index contributed by atoms with van der Waals surface area (Å²) in [4.78, 5) is 45.8. The van der Waals surface area contributed by atoms with Crippen LogP contribution in [0.25, 0.3) is 0 Å². The molecule has 2 atom stereocenters. The molecule has 124 valence electrons. The van der Waals surface area contributed by atoms with Gasteiger partial charge in [-0.2, -0.15) is 0 Å². The van der Waals surface area contributed by atoms with Crippen LogP contribution in [0.15, 0.2) is 0 Å². The highest BCUT2D eigenvalue weighted by Gasteiger charge is 2.57. The number of ether oxygens (including phenoxy) is 5. The van der Waals surface area contributed by atoms with Gasteiger partial charge in [0.2, 0.25) is 6.10 Å². The molecule has 1 aliphatic heterocycles. The van der Waals surface area contributed by atoms with Gasteiger partial charge in [0.15, 0.2) is 6.10 Å². The van der Waals surface area contributed by atoms with Crippen LogP contribution in [0, 0.1) is 0 Å². The van der Waals surface area contributed by atoms with Gasteiger partial charge in [0.05, 0.1) is 20.1 Å². The highest BCUT2D eigenvalue weighted by atomic mass is 16.8. The van der Waals surface area contributed by atoms with Crippen molar-refractivity contribution in [3.63, 3.8) is 0 Å². The van der Waals surface area contributed by atoms with Crippen LogP contribution >= 0.6 is 0 Å². The second kappa shape index (κ2) is 7.21. The molecule has 0 radical (unpaired) electrons. The third-order valence-corrected chi connectivity index (χ3v) is 2.82. The number of carbonyl (C=O) groups is 4. The lowest BCUT2D eigenvalue weighted by molar-refractivity contribution is -0.302. The molecular weight excluding hydrogens is 300 g/mol. The van der Waals surface area contributed by atoms with E-state index in [1.54, 1.807) is 0 Å². The predicted octanol–water partition coefficient (Wildman–Crippen LogP) is -0.297. The van der Waals surface area contributed by atoms with Crippen molar-refractivity contribution in [2.75, 3.05) is 13.7 Å². The predicted molar refractivity (Wildman–Crippen MR) is 68.2 cm³/mol. The summed E-state index contributed by atoms with van der Waals surface area (Å²) in [7, 11) is 1.12. The van der Waals surface area contributed by atoms with Gasteiger partial charge in [-0.1, -0.05) is 0 Å². The minimum absolute atomic E-state index is 0.0713. The number of hydrogen-bond donors (Lipinski definition) is 0. The maximum atomic E-state index is 11.8. The highest BCUT2D eigenvalue weighted by molar-refractivity contribution is 5.77. The molecule has 1 heterocycles. The standard InChI is InChI=1S/C13H18O9/c1-7(14)20-11-10(12(17)18-4)19-6-5-13(11,21-8(2)15)22-9(3)16/h10-11H,5-6H2,1-4H3. The molecule has 9 nitrogen and oxygen atoms in total. The Morgan fingerprint density at radius 3 is 1.95 bits per heavy atom. The number of methoxy groups -OCH3 is 1. The molecule has 0 spiro atoms. The van der Waals surface area contributed by atoms with E-state index in [1.165, 1.54) is 0 Å². The Balaban J connectivity index is 3.26. The molecule has 1 rings (SSSR count). The monoisotopic (exact) mass is 318 g/mol. The molecule has 0 aromatic rings. The van der Waals surface area contributed by atoms with E-state index in [1.807, 2.05) is 0 Å². The largest absolute Gasteiger partial charge is 0.467 e. The first-order valence-corrected chi connectivity index (χ1v) is 6.47. The Labute approximate surface area is 126 Å². The van der Waals surface area contributed by atoms with E-state index < -0.39 is 41.9 Å². The third-order valence-electron chi connectivity index (χ3n) is 2.82.